The van der Waals surface area contributed by atoms with Gasteiger partial charge in [0.05, 0.1) is 18.1 Å². The Kier molecular flexibility index (Phi) is 7.67. The quantitative estimate of drug-likeness (QED) is 0.736. The standard InChI is InChI=1S/C12H13N.C8H10O/c1-3-9-12(2,10-13)11-7-5-4-6-8-11;1-9-7-8-5-3-2-4-6-8/h3-8H,1,9H2,2H3;2-6H,7H2,1H3. The zero-order chi connectivity index (χ0) is 16.3. The van der Waals surface area contributed by atoms with Crippen molar-refractivity contribution >= 4 is 0 Å². The fraction of sp³-hybridized carbons (Fsp3) is 0.250. The van der Waals surface area contributed by atoms with Crippen molar-refractivity contribution in [1.82, 2.24) is 0 Å². The highest BCUT2D eigenvalue weighted by molar-refractivity contribution is 5.31. The van der Waals surface area contributed by atoms with Crippen molar-refractivity contribution in [2.45, 2.75) is 25.4 Å². The Hall–Kier alpha value is -2.37. The fourth-order valence-electron chi connectivity index (χ4n) is 2.06. The molecule has 0 spiro atoms. The molecule has 0 bridgehead atoms. The molecule has 0 radical (unpaired) electrons. The van der Waals surface area contributed by atoms with Gasteiger partial charge in [-0.2, -0.15) is 5.26 Å². The molecule has 0 aliphatic heterocycles. The lowest BCUT2D eigenvalue weighted by molar-refractivity contribution is 0.185. The smallest absolute Gasteiger partial charge is 0.0828 e. The van der Waals surface area contributed by atoms with E-state index in [1.54, 1.807) is 13.2 Å². The van der Waals surface area contributed by atoms with Crippen LogP contribution in [0, 0.1) is 11.3 Å². The van der Waals surface area contributed by atoms with Gasteiger partial charge in [-0.15, -0.1) is 6.58 Å². The molecule has 0 aliphatic carbocycles. The van der Waals surface area contributed by atoms with E-state index in [-0.39, 0.29) is 0 Å². The highest BCUT2D eigenvalue weighted by Crippen LogP contribution is 2.26. The van der Waals surface area contributed by atoms with Crippen molar-refractivity contribution in [2.75, 3.05) is 7.11 Å². The topological polar surface area (TPSA) is 33.0 Å². The van der Waals surface area contributed by atoms with Crippen molar-refractivity contribution in [3.63, 3.8) is 0 Å². The maximum Gasteiger partial charge on any atom is 0.0828 e. The van der Waals surface area contributed by atoms with Crippen LogP contribution in [0.2, 0.25) is 0 Å². The first-order valence-corrected chi connectivity index (χ1v) is 7.27. The summed E-state index contributed by atoms with van der Waals surface area (Å²) in [5, 5.41) is 9.07. The molecule has 0 saturated carbocycles. The van der Waals surface area contributed by atoms with Crippen molar-refractivity contribution in [3.8, 4) is 6.07 Å². The molecular weight excluding hydrogens is 270 g/mol. The van der Waals surface area contributed by atoms with Crippen LogP contribution in [0.1, 0.15) is 24.5 Å². The monoisotopic (exact) mass is 293 g/mol. The Morgan fingerprint density at radius 1 is 1.09 bits per heavy atom. The summed E-state index contributed by atoms with van der Waals surface area (Å²) in [5.41, 5.74) is 1.85. The van der Waals surface area contributed by atoms with E-state index in [1.807, 2.05) is 67.6 Å². The SMILES string of the molecule is C=CCC(C)(C#N)c1ccccc1.COCc1ccccc1. The predicted molar refractivity (Wildman–Crippen MR) is 91.4 cm³/mol. The van der Waals surface area contributed by atoms with Gasteiger partial charge in [0.15, 0.2) is 0 Å². The third kappa shape index (κ3) is 5.55. The summed E-state index contributed by atoms with van der Waals surface area (Å²) in [7, 11) is 1.70. The van der Waals surface area contributed by atoms with Crippen molar-refractivity contribution in [1.29, 1.82) is 5.26 Å². The molecule has 0 N–H and O–H groups in total. The number of benzene rings is 2. The number of methoxy groups -OCH3 is 1. The van der Waals surface area contributed by atoms with Gasteiger partial charge in [0, 0.05) is 7.11 Å². The number of ether oxygens (including phenoxy) is 1. The van der Waals surface area contributed by atoms with Gasteiger partial charge in [-0.3, -0.25) is 0 Å². The van der Waals surface area contributed by atoms with E-state index in [1.165, 1.54) is 5.56 Å². The van der Waals surface area contributed by atoms with E-state index in [9.17, 15) is 0 Å². The average Bonchev–Trinajstić information content (AvgIpc) is 2.58. The van der Waals surface area contributed by atoms with Crippen molar-refractivity contribution < 1.29 is 4.74 Å². The molecule has 2 nitrogen and oxygen atoms in total. The molecule has 0 aromatic heterocycles. The summed E-state index contributed by atoms with van der Waals surface area (Å²) < 4.78 is 4.93. The first kappa shape index (κ1) is 17.7. The highest BCUT2D eigenvalue weighted by atomic mass is 16.5. The minimum Gasteiger partial charge on any atom is -0.380 e. The number of hydrogen-bond acceptors (Lipinski definition) is 2. The van der Waals surface area contributed by atoms with Crippen LogP contribution in [0.15, 0.2) is 73.3 Å². The Bertz CT molecular complexity index is 586. The molecular formula is C20H23NO. The normalized spacial score (nSPS) is 12.2. The lowest BCUT2D eigenvalue weighted by atomic mass is 9.81. The van der Waals surface area contributed by atoms with Gasteiger partial charge in [0.1, 0.15) is 0 Å². The largest absolute Gasteiger partial charge is 0.380 e. The zero-order valence-corrected chi connectivity index (χ0v) is 13.3. The van der Waals surface area contributed by atoms with E-state index >= 15 is 0 Å². The fourth-order valence-corrected chi connectivity index (χ4v) is 2.06. The summed E-state index contributed by atoms with van der Waals surface area (Å²) in [6.45, 7) is 6.31. The van der Waals surface area contributed by atoms with Gasteiger partial charge in [0.25, 0.3) is 0 Å². The van der Waals surface area contributed by atoms with Crippen LogP contribution >= 0.6 is 0 Å². The van der Waals surface area contributed by atoms with Gasteiger partial charge in [0.2, 0.25) is 0 Å². The van der Waals surface area contributed by atoms with Crippen LogP contribution in [0.25, 0.3) is 0 Å². The first-order chi connectivity index (χ1) is 10.7. The number of allylic oxidation sites excluding steroid dienone is 1. The van der Waals surface area contributed by atoms with Crippen molar-refractivity contribution in [3.05, 3.63) is 84.4 Å². The van der Waals surface area contributed by atoms with Crippen LogP contribution in [-0.4, -0.2) is 7.11 Å². The van der Waals surface area contributed by atoms with Crippen LogP contribution in [-0.2, 0) is 16.8 Å². The molecule has 2 heteroatoms. The molecule has 2 aromatic carbocycles. The molecule has 0 amide bonds. The molecule has 0 aliphatic rings. The number of rotatable bonds is 5. The average molecular weight is 293 g/mol. The number of nitrogens with zero attached hydrogens (tertiary/aromatic N) is 1. The summed E-state index contributed by atoms with van der Waals surface area (Å²) in [5.74, 6) is 0. The summed E-state index contributed by atoms with van der Waals surface area (Å²) >= 11 is 0. The van der Waals surface area contributed by atoms with Gasteiger partial charge in [-0.05, 0) is 24.5 Å². The maximum atomic E-state index is 9.07. The van der Waals surface area contributed by atoms with Gasteiger partial charge < -0.3 is 4.74 Å². The zero-order valence-electron chi connectivity index (χ0n) is 13.3. The molecule has 0 fully saturated rings. The molecule has 1 atom stereocenters. The Morgan fingerprint density at radius 2 is 1.64 bits per heavy atom. The summed E-state index contributed by atoms with van der Waals surface area (Å²) in [6, 6.07) is 22.2. The highest BCUT2D eigenvalue weighted by Gasteiger charge is 2.23. The van der Waals surface area contributed by atoms with Crippen LogP contribution in [0.5, 0.6) is 0 Å². The molecule has 22 heavy (non-hydrogen) atoms. The molecule has 1 unspecified atom stereocenters. The summed E-state index contributed by atoms with van der Waals surface area (Å²) in [6.07, 6.45) is 2.48. The number of hydrogen-bond donors (Lipinski definition) is 0. The van der Waals surface area contributed by atoms with Crippen LogP contribution in [0.4, 0.5) is 0 Å². The van der Waals surface area contributed by atoms with Gasteiger partial charge >= 0.3 is 0 Å². The van der Waals surface area contributed by atoms with E-state index < -0.39 is 5.41 Å². The molecule has 0 saturated heterocycles. The number of nitriles is 1. The lowest BCUT2D eigenvalue weighted by Gasteiger charge is -2.19. The third-order valence-electron chi connectivity index (χ3n) is 3.36. The van der Waals surface area contributed by atoms with Gasteiger partial charge in [-0.25, -0.2) is 0 Å². The van der Waals surface area contributed by atoms with E-state index in [0.29, 0.717) is 13.0 Å². The first-order valence-electron chi connectivity index (χ1n) is 7.27. The second kappa shape index (κ2) is 9.55. The second-order valence-electron chi connectivity index (χ2n) is 5.22. The Labute approximate surface area is 133 Å². The molecule has 0 heterocycles. The molecule has 2 aromatic rings. The third-order valence-corrected chi connectivity index (χ3v) is 3.36. The minimum atomic E-state index is -0.428. The van der Waals surface area contributed by atoms with E-state index in [0.717, 1.165) is 5.56 Å². The minimum absolute atomic E-state index is 0.428. The Balaban J connectivity index is 0.000000235. The molecule has 2 rings (SSSR count). The van der Waals surface area contributed by atoms with Crippen LogP contribution < -0.4 is 0 Å². The Morgan fingerprint density at radius 3 is 2.09 bits per heavy atom. The van der Waals surface area contributed by atoms with Gasteiger partial charge in [-0.1, -0.05) is 66.7 Å². The maximum absolute atomic E-state index is 9.07. The summed E-state index contributed by atoms with van der Waals surface area (Å²) in [4.78, 5) is 0. The second-order valence-corrected chi connectivity index (χ2v) is 5.22. The van der Waals surface area contributed by atoms with E-state index in [4.69, 9.17) is 10.00 Å². The van der Waals surface area contributed by atoms with E-state index in [2.05, 4.69) is 12.6 Å². The van der Waals surface area contributed by atoms with Crippen LogP contribution in [0.3, 0.4) is 0 Å². The lowest BCUT2D eigenvalue weighted by Crippen LogP contribution is -2.17. The van der Waals surface area contributed by atoms with Crippen molar-refractivity contribution in [2.24, 2.45) is 0 Å². The predicted octanol–water partition coefficient (Wildman–Crippen LogP) is 4.88. The molecule has 114 valence electrons.